The van der Waals surface area contributed by atoms with E-state index in [2.05, 4.69) is 0 Å². The predicted octanol–water partition coefficient (Wildman–Crippen LogP) is 0.730. The molecule has 0 aromatic heterocycles. The highest BCUT2D eigenvalue weighted by Gasteiger charge is 2.16. The third kappa shape index (κ3) is 2.01. The first-order valence-corrected chi connectivity index (χ1v) is 6.42. The molecule has 2 rings (SSSR count). The molecule has 18 heavy (non-hydrogen) atoms. The monoisotopic (exact) mass is 265 g/mol. The Morgan fingerprint density at radius 2 is 1.72 bits per heavy atom. The van der Waals surface area contributed by atoms with E-state index in [0.29, 0.717) is 5.39 Å². The predicted molar refractivity (Wildman–Crippen MR) is 64.0 cm³/mol. The third-order valence-corrected chi connectivity index (χ3v) is 3.44. The van der Waals surface area contributed by atoms with E-state index in [1.165, 1.54) is 30.3 Å². The first-order valence-electron chi connectivity index (χ1n) is 4.87. The fourth-order valence-corrected chi connectivity index (χ4v) is 2.25. The minimum atomic E-state index is -3.90. The standard InChI is InChI=1S/C11H9N2O4S/c12-11(15)10-8-5-7(18(13,16)17)3-1-6(8)2-4-9(10)14/h1-5H,(H2,12,15)(H2,13,16,17). The van der Waals surface area contributed by atoms with Gasteiger partial charge in [0.15, 0.2) is 5.75 Å². The molecule has 0 aliphatic carbocycles. The Labute approximate surface area is 103 Å². The zero-order valence-corrected chi connectivity index (χ0v) is 9.90. The summed E-state index contributed by atoms with van der Waals surface area (Å²) in [4.78, 5) is 11.1. The molecule has 93 valence electrons. The Morgan fingerprint density at radius 1 is 1.11 bits per heavy atom. The van der Waals surface area contributed by atoms with E-state index in [-0.39, 0.29) is 15.8 Å². The van der Waals surface area contributed by atoms with Crippen LogP contribution in [0.15, 0.2) is 35.2 Å². The van der Waals surface area contributed by atoms with Gasteiger partial charge in [-0.05, 0) is 29.0 Å². The molecule has 0 fully saturated rings. The molecule has 0 spiro atoms. The zero-order valence-electron chi connectivity index (χ0n) is 9.08. The van der Waals surface area contributed by atoms with E-state index >= 15 is 0 Å². The molecule has 0 aliphatic rings. The van der Waals surface area contributed by atoms with E-state index in [1.807, 2.05) is 0 Å². The minimum Gasteiger partial charge on any atom is -0.365 e. The van der Waals surface area contributed by atoms with E-state index in [4.69, 9.17) is 10.9 Å². The average molecular weight is 265 g/mol. The summed E-state index contributed by atoms with van der Waals surface area (Å²) >= 11 is 0. The van der Waals surface area contributed by atoms with Crippen molar-refractivity contribution in [3.05, 3.63) is 35.9 Å². The third-order valence-electron chi connectivity index (χ3n) is 2.53. The van der Waals surface area contributed by atoms with Gasteiger partial charge in [0.2, 0.25) is 10.0 Å². The highest BCUT2D eigenvalue weighted by molar-refractivity contribution is 7.89. The van der Waals surface area contributed by atoms with Gasteiger partial charge in [-0.3, -0.25) is 9.90 Å². The van der Waals surface area contributed by atoms with Gasteiger partial charge in [-0.25, -0.2) is 13.6 Å². The number of hydrogen-bond acceptors (Lipinski definition) is 3. The molecule has 0 saturated carbocycles. The van der Waals surface area contributed by atoms with Crippen molar-refractivity contribution in [1.29, 1.82) is 0 Å². The van der Waals surface area contributed by atoms with Crippen molar-refractivity contribution in [1.82, 2.24) is 0 Å². The molecule has 0 bridgehead atoms. The van der Waals surface area contributed by atoms with Gasteiger partial charge < -0.3 is 5.73 Å². The van der Waals surface area contributed by atoms with Crippen LogP contribution >= 0.6 is 0 Å². The summed E-state index contributed by atoms with van der Waals surface area (Å²) in [5.41, 5.74) is 4.88. The first-order chi connectivity index (χ1) is 8.30. The molecular formula is C11H9N2O4S. The molecule has 6 nitrogen and oxygen atoms in total. The second-order valence-electron chi connectivity index (χ2n) is 3.73. The van der Waals surface area contributed by atoms with Crippen LogP contribution in [0.25, 0.3) is 10.8 Å². The van der Waals surface area contributed by atoms with Crippen molar-refractivity contribution < 1.29 is 18.3 Å². The number of primary sulfonamides is 1. The summed E-state index contributed by atoms with van der Waals surface area (Å²) in [6, 6.07) is 6.62. The van der Waals surface area contributed by atoms with Gasteiger partial charge in [0.25, 0.3) is 5.91 Å². The lowest BCUT2D eigenvalue weighted by atomic mass is 10.0. The summed E-state index contributed by atoms with van der Waals surface area (Å²) in [5, 5.41) is 17.3. The fraction of sp³-hybridized carbons (Fsp3) is 0. The van der Waals surface area contributed by atoms with Gasteiger partial charge in [-0.2, -0.15) is 0 Å². The highest BCUT2D eigenvalue weighted by atomic mass is 32.2. The maximum Gasteiger partial charge on any atom is 0.253 e. The van der Waals surface area contributed by atoms with Crippen LogP contribution in [0, 0.1) is 0 Å². The smallest absolute Gasteiger partial charge is 0.253 e. The molecule has 0 heterocycles. The maximum absolute atomic E-state index is 11.6. The van der Waals surface area contributed by atoms with Crippen molar-refractivity contribution >= 4 is 26.7 Å². The highest BCUT2D eigenvalue weighted by Crippen LogP contribution is 2.28. The Balaban J connectivity index is 2.90. The first kappa shape index (κ1) is 12.3. The Hall–Kier alpha value is -2.12. The number of carbonyl (C=O) groups is 1. The van der Waals surface area contributed by atoms with Gasteiger partial charge in [0.05, 0.1) is 10.5 Å². The van der Waals surface area contributed by atoms with Crippen molar-refractivity contribution in [2.24, 2.45) is 10.9 Å². The largest absolute Gasteiger partial charge is 0.365 e. The summed E-state index contributed by atoms with van der Waals surface area (Å²) in [6.45, 7) is 0. The van der Waals surface area contributed by atoms with Crippen LogP contribution in [0.2, 0.25) is 0 Å². The average Bonchev–Trinajstić information content (AvgIpc) is 2.26. The summed E-state index contributed by atoms with van der Waals surface area (Å²) < 4.78 is 22.5. The maximum atomic E-state index is 11.6. The van der Waals surface area contributed by atoms with Gasteiger partial charge in [-0.1, -0.05) is 12.1 Å². The van der Waals surface area contributed by atoms with Crippen LogP contribution in [0.3, 0.4) is 0 Å². The molecule has 2 aromatic carbocycles. The minimum absolute atomic E-state index is 0.178. The Kier molecular flexibility index (Phi) is 2.72. The van der Waals surface area contributed by atoms with Gasteiger partial charge in [-0.15, -0.1) is 0 Å². The summed E-state index contributed by atoms with van der Waals surface area (Å²) in [7, 11) is -3.90. The zero-order chi connectivity index (χ0) is 13.5. The van der Waals surface area contributed by atoms with Crippen molar-refractivity contribution in [3.8, 4) is 5.75 Å². The number of hydrogen-bond donors (Lipinski definition) is 2. The van der Waals surface area contributed by atoms with E-state index < -0.39 is 21.7 Å². The summed E-state index contributed by atoms with van der Waals surface area (Å²) in [5.74, 6) is -1.46. The molecule has 0 aliphatic heterocycles. The number of carbonyl (C=O) groups excluding carboxylic acids is 1. The van der Waals surface area contributed by atoms with Gasteiger partial charge >= 0.3 is 0 Å². The number of fused-ring (bicyclic) bond motifs is 1. The lowest BCUT2D eigenvalue weighted by Gasteiger charge is -2.06. The molecule has 0 atom stereocenters. The Bertz CT molecular complexity index is 753. The molecular weight excluding hydrogens is 256 g/mol. The molecule has 1 amide bonds. The number of nitrogens with two attached hydrogens (primary N) is 2. The molecule has 1 radical (unpaired) electrons. The molecule has 7 heteroatoms. The van der Waals surface area contributed by atoms with Crippen LogP contribution in [0.4, 0.5) is 0 Å². The van der Waals surface area contributed by atoms with E-state index in [9.17, 15) is 18.3 Å². The quantitative estimate of drug-likeness (QED) is 0.831. The van der Waals surface area contributed by atoms with Crippen LogP contribution in [-0.4, -0.2) is 14.3 Å². The summed E-state index contributed by atoms with van der Waals surface area (Å²) in [6.07, 6.45) is 0. The van der Waals surface area contributed by atoms with Gasteiger partial charge in [0.1, 0.15) is 0 Å². The van der Waals surface area contributed by atoms with Crippen LogP contribution < -0.4 is 10.9 Å². The molecule has 2 aromatic rings. The second kappa shape index (κ2) is 3.97. The van der Waals surface area contributed by atoms with Crippen LogP contribution in [0.5, 0.6) is 5.75 Å². The number of benzene rings is 2. The Morgan fingerprint density at radius 3 is 2.28 bits per heavy atom. The topological polar surface area (TPSA) is 123 Å². The molecule has 0 saturated heterocycles. The van der Waals surface area contributed by atoms with Crippen LogP contribution in [0.1, 0.15) is 10.4 Å². The number of amides is 1. The van der Waals surface area contributed by atoms with Crippen molar-refractivity contribution in [2.45, 2.75) is 4.90 Å². The lowest BCUT2D eigenvalue weighted by Crippen LogP contribution is -2.14. The van der Waals surface area contributed by atoms with Crippen molar-refractivity contribution in [2.75, 3.05) is 0 Å². The number of primary amides is 1. The lowest BCUT2D eigenvalue weighted by molar-refractivity contribution is 0.0998. The fourth-order valence-electron chi connectivity index (χ4n) is 1.71. The second-order valence-corrected chi connectivity index (χ2v) is 5.29. The van der Waals surface area contributed by atoms with Crippen molar-refractivity contribution in [3.63, 3.8) is 0 Å². The normalized spacial score (nSPS) is 11.6. The molecule has 4 N–H and O–H groups in total. The van der Waals surface area contributed by atoms with E-state index in [1.54, 1.807) is 0 Å². The number of sulfonamides is 1. The van der Waals surface area contributed by atoms with Gasteiger partial charge in [0, 0.05) is 0 Å². The van der Waals surface area contributed by atoms with E-state index in [0.717, 1.165) is 0 Å². The van der Waals surface area contributed by atoms with Crippen LogP contribution in [-0.2, 0) is 15.1 Å². The number of rotatable bonds is 2. The SMILES string of the molecule is NC(=O)c1c([O])ccc2ccc(S(N)(=O)=O)cc12. The molecule has 0 unspecified atom stereocenters.